The second-order valence-corrected chi connectivity index (χ2v) is 5.15. The summed E-state index contributed by atoms with van der Waals surface area (Å²) >= 11 is 0. The van der Waals surface area contributed by atoms with E-state index in [2.05, 4.69) is 34.9 Å². The molecule has 0 aromatic heterocycles. The van der Waals surface area contributed by atoms with Crippen molar-refractivity contribution in [2.45, 2.75) is 33.2 Å². The van der Waals surface area contributed by atoms with Crippen LogP contribution in [0.3, 0.4) is 0 Å². The van der Waals surface area contributed by atoms with E-state index in [0.717, 1.165) is 0 Å². The van der Waals surface area contributed by atoms with E-state index in [9.17, 15) is 4.79 Å². The number of carbonyl (C=O) groups excluding carboxylic acids is 1. The largest absolute Gasteiger partial charge is 0.461 e. The molecule has 0 fully saturated rings. The molecular weight excluding hydrogens is 304 g/mol. The fourth-order valence-electron chi connectivity index (χ4n) is 1.26. The molecule has 0 aliphatic rings. The van der Waals surface area contributed by atoms with Crippen molar-refractivity contribution in [2.75, 3.05) is 5.73 Å². The van der Waals surface area contributed by atoms with E-state index in [1.54, 1.807) is 31.2 Å². The zero-order valence-electron chi connectivity index (χ0n) is 14.7. The van der Waals surface area contributed by atoms with Crippen molar-refractivity contribution in [3.8, 4) is 35.7 Å². The molecular formula is C18H26N4O2. The highest BCUT2D eigenvalue weighted by Crippen LogP contribution is 2.11. The quantitative estimate of drug-likeness (QED) is 0.396. The maximum Gasteiger partial charge on any atom is 0.253 e. The Bertz CT molecular complexity index is 663. The molecule has 1 rings (SSSR count). The van der Waals surface area contributed by atoms with Gasteiger partial charge in [0.15, 0.2) is 0 Å². The number of anilines is 1. The number of benzene rings is 1. The summed E-state index contributed by atoms with van der Waals surface area (Å²) in [5, 5.41) is 10.7. The Morgan fingerprint density at radius 2 is 1.62 bits per heavy atom. The Kier molecular flexibility index (Phi) is 14.6. The van der Waals surface area contributed by atoms with Crippen molar-refractivity contribution >= 4 is 11.6 Å². The number of aliphatic hydroxyl groups is 1. The number of amides is 1. The summed E-state index contributed by atoms with van der Waals surface area (Å²) < 4.78 is 0. The molecule has 1 amide bonds. The van der Waals surface area contributed by atoms with Crippen molar-refractivity contribution in [3.05, 3.63) is 29.8 Å². The van der Waals surface area contributed by atoms with Crippen LogP contribution in [-0.4, -0.2) is 16.6 Å². The highest BCUT2D eigenvalue weighted by molar-refractivity contribution is 5.99. The van der Waals surface area contributed by atoms with Gasteiger partial charge in [0.1, 0.15) is 6.11 Å². The highest BCUT2D eigenvalue weighted by atomic mass is 16.2. The molecule has 0 aliphatic carbocycles. The predicted octanol–water partition coefficient (Wildman–Crippen LogP) is 2.47. The van der Waals surface area contributed by atoms with Crippen molar-refractivity contribution in [2.24, 2.45) is 0 Å². The standard InChI is InChI=1S/C11H16N2O.C7H4O.2H3N/c1-11(2,3)13-10(14)8-6-4-5-7-9(8)12;1-2-3-4-5-6-7-8;;/h4-7H,12H2,1-3H3,(H,13,14);8H,1H3;2*1H3. The second kappa shape index (κ2) is 13.5. The van der Waals surface area contributed by atoms with E-state index in [0.29, 0.717) is 11.3 Å². The number of rotatable bonds is 1. The third kappa shape index (κ3) is 12.6. The number of nitrogens with two attached hydrogens (primary N) is 1. The van der Waals surface area contributed by atoms with E-state index in [-0.39, 0.29) is 23.7 Å². The summed E-state index contributed by atoms with van der Waals surface area (Å²) in [5.74, 6) is 11.7. The first kappa shape index (κ1) is 25.8. The van der Waals surface area contributed by atoms with Crippen LogP contribution in [-0.2, 0) is 0 Å². The lowest BCUT2D eigenvalue weighted by atomic mass is 10.1. The number of aliphatic hydroxyl groups excluding tert-OH is 1. The first-order valence-corrected chi connectivity index (χ1v) is 6.54. The Morgan fingerprint density at radius 3 is 2.08 bits per heavy atom. The monoisotopic (exact) mass is 330 g/mol. The lowest BCUT2D eigenvalue weighted by Crippen LogP contribution is -2.40. The van der Waals surface area contributed by atoms with Gasteiger partial charge in [0.25, 0.3) is 5.91 Å². The van der Waals surface area contributed by atoms with Gasteiger partial charge in [-0.25, -0.2) is 0 Å². The molecule has 6 heteroatoms. The number of hydrogen-bond donors (Lipinski definition) is 5. The summed E-state index contributed by atoms with van der Waals surface area (Å²) in [5.41, 5.74) is 6.48. The molecule has 0 spiro atoms. The molecule has 0 bridgehead atoms. The Morgan fingerprint density at radius 1 is 1.08 bits per heavy atom. The molecule has 10 N–H and O–H groups in total. The Labute approximate surface area is 144 Å². The Hall–Kier alpha value is -3.11. The van der Waals surface area contributed by atoms with Crippen LogP contribution in [0.25, 0.3) is 0 Å². The van der Waals surface area contributed by atoms with Gasteiger partial charge < -0.3 is 28.5 Å². The van der Waals surface area contributed by atoms with E-state index >= 15 is 0 Å². The lowest BCUT2D eigenvalue weighted by Gasteiger charge is -2.20. The molecule has 0 aliphatic heterocycles. The summed E-state index contributed by atoms with van der Waals surface area (Å²) in [6.45, 7) is 7.49. The molecule has 6 nitrogen and oxygen atoms in total. The second-order valence-electron chi connectivity index (χ2n) is 5.15. The minimum absolute atomic E-state index is 0. The summed E-state index contributed by atoms with van der Waals surface area (Å²) in [6, 6.07) is 7.05. The zero-order chi connectivity index (χ0) is 17.0. The molecule has 0 radical (unpaired) electrons. The third-order valence-corrected chi connectivity index (χ3v) is 2.06. The lowest BCUT2D eigenvalue weighted by molar-refractivity contribution is 0.0920. The van der Waals surface area contributed by atoms with Gasteiger partial charge in [0.05, 0.1) is 5.56 Å². The topological polar surface area (TPSA) is 145 Å². The zero-order valence-corrected chi connectivity index (χ0v) is 14.7. The highest BCUT2D eigenvalue weighted by Gasteiger charge is 2.16. The van der Waals surface area contributed by atoms with Gasteiger partial charge in [0.2, 0.25) is 0 Å². The minimum atomic E-state index is -0.237. The Balaban J connectivity index is -0.000000386. The average molecular weight is 330 g/mol. The van der Waals surface area contributed by atoms with Gasteiger partial charge in [0, 0.05) is 23.1 Å². The van der Waals surface area contributed by atoms with Gasteiger partial charge in [-0.2, -0.15) is 0 Å². The van der Waals surface area contributed by atoms with E-state index in [1.165, 1.54) is 0 Å². The molecule has 130 valence electrons. The third-order valence-electron chi connectivity index (χ3n) is 2.06. The van der Waals surface area contributed by atoms with Crippen molar-refractivity contribution < 1.29 is 9.90 Å². The first-order valence-electron chi connectivity index (χ1n) is 6.54. The molecule has 24 heavy (non-hydrogen) atoms. The molecule has 0 unspecified atom stereocenters. The fraction of sp³-hybridized carbons (Fsp3) is 0.278. The van der Waals surface area contributed by atoms with E-state index < -0.39 is 0 Å². The maximum absolute atomic E-state index is 11.7. The number of carbonyl (C=O) groups is 1. The molecule has 0 saturated carbocycles. The van der Waals surface area contributed by atoms with Crippen molar-refractivity contribution in [1.82, 2.24) is 17.6 Å². The number of nitrogens with one attached hydrogen (secondary N) is 1. The van der Waals surface area contributed by atoms with Crippen LogP contribution in [0.1, 0.15) is 38.1 Å². The molecule has 1 aromatic rings. The maximum atomic E-state index is 11.7. The smallest absolute Gasteiger partial charge is 0.253 e. The van der Waals surface area contributed by atoms with Crippen LogP contribution < -0.4 is 23.4 Å². The first-order chi connectivity index (χ1) is 10.3. The van der Waals surface area contributed by atoms with Crippen LogP contribution in [0.5, 0.6) is 0 Å². The van der Waals surface area contributed by atoms with Gasteiger partial charge in [-0.05, 0) is 51.7 Å². The average Bonchev–Trinajstić information content (AvgIpc) is 2.43. The molecule has 1 aromatic carbocycles. The predicted molar refractivity (Wildman–Crippen MR) is 99.1 cm³/mol. The molecule has 0 atom stereocenters. The van der Waals surface area contributed by atoms with Crippen molar-refractivity contribution in [1.29, 1.82) is 0 Å². The van der Waals surface area contributed by atoms with E-state index in [4.69, 9.17) is 10.8 Å². The number of nitrogen functional groups attached to an aromatic ring is 1. The minimum Gasteiger partial charge on any atom is -0.461 e. The number of para-hydroxylation sites is 1. The van der Waals surface area contributed by atoms with Gasteiger partial charge in [-0.15, -0.1) is 0 Å². The van der Waals surface area contributed by atoms with Crippen molar-refractivity contribution in [3.63, 3.8) is 0 Å². The van der Waals surface area contributed by atoms with Gasteiger partial charge in [-0.1, -0.05) is 18.1 Å². The normalized spacial score (nSPS) is 7.67. The molecule has 0 heterocycles. The van der Waals surface area contributed by atoms with Gasteiger partial charge in [-0.3, -0.25) is 4.79 Å². The van der Waals surface area contributed by atoms with Crippen LogP contribution >= 0.6 is 0 Å². The SMILES string of the molecule is CC#CC#CC#CO.CC(C)(C)NC(=O)c1ccccc1N.N.N. The summed E-state index contributed by atoms with van der Waals surface area (Å²) in [7, 11) is 0. The molecule has 0 saturated heterocycles. The van der Waals surface area contributed by atoms with Crippen LogP contribution in [0.15, 0.2) is 24.3 Å². The van der Waals surface area contributed by atoms with Crippen LogP contribution in [0.4, 0.5) is 5.69 Å². The van der Waals surface area contributed by atoms with E-state index in [1.807, 2.05) is 26.8 Å². The van der Waals surface area contributed by atoms with Gasteiger partial charge >= 0.3 is 0 Å². The summed E-state index contributed by atoms with van der Waals surface area (Å²) in [6.07, 6.45) is 1.64. The van der Waals surface area contributed by atoms with Crippen LogP contribution in [0.2, 0.25) is 0 Å². The fourth-order valence-corrected chi connectivity index (χ4v) is 1.26. The summed E-state index contributed by atoms with van der Waals surface area (Å²) in [4.78, 5) is 11.7. The number of hydrogen-bond acceptors (Lipinski definition) is 5. The van der Waals surface area contributed by atoms with Crippen LogP contribution in [0, 0.1) is 35.7 Å².